The van der Waals surface area contributed by atoms with Crippen LogP contribution in [0.2, 0.25) is 0 Å². The van der Waals surface area contributed by atoms with Crippen LogP contribution in [0.1, 0.15) is 27.2 Å². The van der Waals surface area contributed by atoms with E-state index in [9.17, 15) is 18.0 Å². The number of esters is 1. The quantitative estimate of drug-likeness (QED) is 0.208. The highest BCUT2D eigenvalue weighted by Crippen LogP contribution is 2.35. The van der Waals surface area contributed by atoms with Crippen molar-refractivity contribution in [2.24, 2.45) is 0 Å². The fraction of sp³-hybridized carbons (Fsp3) is 0.167. The summed E-state index contributed by atoms with van der Waals surface area (Å²) in [5, 5.41) is 5.96. The number of thiophene rings is 1. The molecule has 170 valence electrons. The average Bonchev–Trinajstić information content (AvgIpc) is 3.44. The predicted octanol–water partition coefficient (Wildman–Crippen LogP) is 7.48. The van der Waals surface area contributed by atoms with E-state index in [1.54, 1.807) is 17.8 Å². The van der Waals surface area contributed by atoms with Gasteiger partial charge >= 0.3 is 12.1 Å². The van der Waals surface area contributed by atoms with Gasteiger partial charge in [0.05, 0.1) is 23.9 Å². The molecule has 0 unspecified atom stereocenters. The Morgan fingerprint density at radius 1 is 1.06 bits per heavy atom. The smallest absolute Gasteiger partial charge is 0.416 e. The van der Waals surface area contributed by atoms with Crippen LogP contribution < -0.4 is 0 Å². The molecule has 0 amide bonds. The molecule has 0 fully saturated rings. The molecule has 0 aliphatic rings. The third kappa shape index (κ3) is 4.99. The SMILES string of the molecule is COC(=O)c1ccsc1-c1ccc(SCc2noc(-c3ccc(C(F)(F)F)cc3)c2C)cc1. The normalized spacial score (nSPS) is 11.5. The third-order valence-corrected chi connectivity index (χ3v) is 7.04. The van der Waals surface area contributed by atoms with E-state index in [4.69, 9.17) is 9.26 Å². The van der Waals surface area contributed by atoms with Gasteiger partial charge in [0.15, 0.2) is 5.76 Å². The first-order chi connectivity index (χ1) is 15.8. The number of nitrogens with zero attached hydrogens (tertiary/aromatic N) is 1. The van der Waals surface area contributed by atoms with Gasteiger partial charge in [-0.15, -0.1) is 23.1 Å². The number of aromatic nitrogens is 1. The van der Waals surface area contributed by atoms with Gasteiger partial charge in [-0.05, 0) is 48.2 Å². The molecule has 0 radical (unpaired) electrons. The van der Waals surface area contributed by atoms with Gasteiger partial charge in [-0.25, -0.2) is 4.79 Å². The molecule has 0 saturated heterocycles. The van der Waals surface area contributed by atoms with Crippen molar-refractivity contribution in [3.8, 4) is 21.8 Å². The number of carbonyl (C=O) groups is 1. The molecule has 0 aliphatic heterocycles. The maximum atomic E-state index is 12.8. The Hall–Kier alpha value is -3.04. The molecule has 4 rings (SSSR count). The van der Waals surface area contributed by atoms with E-state index in [2.05, 4.69) is 5.16 Å². The highest BCUT2D eigenvalue weighted by atomic mass is 32.2. The molecule has 9 heteroatoms. The average molecular weight is 490 g/mol. The summed E-state index contributed by atoms with van der Waals surface area (Å²) in [5.74, 6) is 0.639. The van der Waals surface area contributed by atoms with Crippen molar-refractivity contribution in [2.45, 2.75) is 23.7 Å². The zero-order valence-corrected chi connectivity index (χ0v) is 19.2. The number of hydrogen-bond acceptors (Lipinski definition) is 6. The zero-order valence-electron chi connectivity index (χ0n) is 17.6. The first-order valence-electron chi connectivity index (χ1n) is 9.79. The molecule has 0 atom stereocenters. The second-order valence-corrected chi connectivity index (χ2v) is 9.09. The first-order valence-corrected chi connectivity index (χ1v) is 11.7. The topological polar surface area (TPSA) is 52.3 Å². The largest absolute Gasteiger partial charge is 0.465 e. The lowest BCUT2D eigenvalue weighted by atomic mass is 10.1. The molecule has 0 aliphatic carbocycles. The second-order valence-electron chi connectivity index (χ2n) is 7.13. The summed E-state index contributed by atoms with van der Waals surface area (Å²) in [7, 11) is 1.36. The van der Waals surface area contributed by atoms with E-state index in [1.807, 2.05) is 36.6 Å². The highest BCUT2D eigenvalue weighted by Gasteiger charge is 2.30. The van der Waals surface area contributed by atoms with Gasteiger partial charge in [0.25, 0.3) is 0 Å². The van der Waals surface area contributed by atoms with Crippen molar-refractivity contribution in [3.63, 3.8) is 0 Å². The lowest BCUT2D eigenvalue weighted by molar-refractivity contribution is -0.137. The number of benzene rings is 2. The van der Waals surface area contributed by atoms with Crippen LogP contribution in [0.25, 0.3) is 21.8 Å². The molecule has 2 aromatic heterocycles. The van der Waals surface area contributed by atoms with Crippen LogP contribution in [-0.2, 0) is 16.7 Å². The monoisotopic (exact) mass is 489 g/mol. The molecule has 0 saturated carbocycles. The van der Waals surface area contributed by atoms with E-state index >= 15 is 0 Å². The molecule has 0 N–H and O–H groups in total. The predicted molar refractivity (Wildman–Crippen MR) is 122 cm³/mol. The van der Waals surface area contributed by atoms with Gasteiger partial charge in [0.1, 0.15) is 0 Å². The van der Waals surface area contributed by atoms with Crippen molar-refractivity contribution < 1.29 is 27.2 Å². The van der Waals surface area contributed by atoms with Crippen molar-refractivity contribution in [1.82, 2.24) is 5.16 Å². The molecule has 33 heavy (non-hydrogen) atoms. The number of halogens is 3. The number of carbonyl (C=O) groups excluding carboxylic acids is 1. The number of rotatable bonds is 6. The van der Waals surface area contributed by atoms with Gasteiger partial charge in [-0.2, -0.15) is 13.2 Å². The Kier molecular flexibility index (Phi) is 6.62. The van der Waals surface area contributed by atoms with E-state index in [-0.39, 0.29) is 5.97 Å². The van der Waals surface area contributed by atoms with Crippen LogP contribution in [0.15, 0.2) is 69.4 Å². The summed E-state index contributed by atoms with van der Waals surface area (Å²) in [5.41, 5.74) is 2.83. The lowest BCUT2D eigenvalue weighted by Crippen LogP contribution is -2.03. The van der Waals surface area contributed by atoms with Crippen LogP contribution in [0.5, 0.6) is 0 Å². The standard InChI is InChI=1S/C24H18F3NO3S2/c1-14-20(28-31-21(14)15-3-7-17(8-4-15)24(25,26)27)13-33-18-9-5-16(6-10-18)22-19(11-12-32-22)23(29)30-2/h3-12H,13H2,1-2H3. The second kappa shape index (κ2) is 9.44. The number of hydrogen-bond donors (Lipinski definition) is 0. The fourth-order valence-corrected chi connectivity index (χ4v) is 5.03. The van der Waals surface area contributed by atoms with E-state index in [0.717, 1.165) is 38.7 Å². The van der Waals surface area contributed by atoms with E-state index in [0.29, 0.717) is 22.6 Å². The molecule has 2 aromatic carbocycles. The van der Waals surface area contributed by atoms with Crippen molar-refractivity contribution in [1.29, 1.82) is 0 Å². The van der Waals surface area contributed by atoms with Gasteiger partial charge in [-0.1, -0.05) is 29.4 Å². The molecular formula is C24H18F3NO3S2. The Bertz CT molecular complexity index is 1260. The number of alkyl halides is 3. The van der Waals surface area contributed by atoms with Crippen molar-refractivity contribution >= 4 is 29.1 Å². The maximum absolute atomic E-state index is 12.8. The van der Waals surface area contributed by atoms with Crippen molar-refractivity contribution in [2.75, 3.05) is 7.11 Å². The minimum absolute atomic E-state index is 0.366. The first kappa shape index (κ1) is 23.1. The number of ether oxygens (including phenoxy) is 1. The summed E-state index contributed by atoms with van der Waals surface area (Å²) in [6, 6.07) is 14.4. The summed E-state index contributed by atoms with van der Waals surface area (Å²) >= 11 is 3.04. The van der Waals surface area contributed by atoms with Crippen LogP contribution in [0.3, 0.4) is 0 Å². The molecule has 0 spiro atoms. The summed E-state index contributed by atoms with van der Waals surface area (Å²) in [6.07, 6.45) is -4.38. The molecule has 4 aromatic rings. The minimum atomic E-state index is -4.38. The van der Waals surface area contributed by atoms with Gasteiger partial charge in [0, 0.05) is 26.7 Å². The maximum Gasteiger partial charge on any atom is 0.416 e. The zero-order chi connectivity index (χ0) is 23.6. The molecule has 0 bridgehead atoms. The Morgan fingerprint density at radius 3 is 2.36 bits per heavy atom. The fourth-order valence-electron chi connectivity index (χ4n) is 3.24. The van der Waals surface area contributed by atoms with Crippen LogP contribution in [0, 0.1) is 6.92 Å². The molecule has 2 heterocycles. The van der Waals surface area contributed by atoms with Gasteiger partial charge in [0.2, 0.25) is 0 Å². The number of thioether (sulfide) groups is 1. The Morgan fingerprint density at radius 2 is 1.73 bits per heavy atom. The van der Waals surface area contributed by atoms with Crippen LogP contribution in [0.4, 0.5) is 13.2 Å². The molecular weight excluding hydrogens is 471 g/mol. The Labute approximate surface area is 196 Å². The van der Waals surface area contributed by atoms with Crippen LogP contribution in [-0.4, -0.2) is 18.2 Å². The van der Waals surface area contributed by atoms with E-state index in [1.165, 1.54) is 30.6 Å². The molecule has 4 nitrogen and oxygen atoms in total. The third-order valence-electron chi connectivity index (χ3n) is 5.06. The number of methoxy groups -OCH3 is 1. The van der Waals surface area contributed by atoms with Crippen molar-refractivity contribution in [3.05, 3.63) is 82.4 Å². The summed E-state index contributed by atoms with van der Waals surface area (Å²) in [6.45, 7) is 1.84. The Balaban J connectivity index is 1.45. The van der Waals surface area contributed by atoms with Crippen LogP contribution >= 0.6 is 23.1 Å². The highest BCUT2D eigenvalue weighted by molar-refractivity contribution is 7.98. The van der Waals surface area contributed by atoms with Gasteiger partial charge in [-0.3, -0.25) is 0 Å². The lowest BCUT2D eigenvalue weighted by Gasteiger charge is -2.06. The summed E-state index contributed by atoms with van der Waals surface area (Å²) < 4.78 is 48.6. The van der Waals surface area contributed by atoms with Gasteiger partial charge < -0.3 is 9.26 Å². The van der Waals surface area contributed by atoms with E-state index < -0.39 is 11.7 Å². The minimum Gasteiger partial charge on any atom is -0.465 e. The summed E-state index contributed by atoms with van der Waals surface area (Å²) in [4.78, 5) is 13.8.